The molecule has 1 N–H and O–H groups in total. The van der Waals surface area contributed by atoms with Gasteiger partial charge >= 0.3 is 0 Å². The fraction of sp³-hybridized carbons (Fsp3) is 0.559. The molecule has 2 saturated heterocycles. The molecule has 3 atom stereocenters. The summed E-state index contributed by atoms with van der Waals surface area (Å²) >= 11 is 0. The van der Waals surface area contributed by atoms with E-state index in [0.717, 1.165) is 50.0 Å². The second kappa shape index (κ2) is 16.0. The zero-order valence-corrected chi connectivity index (χ0v) is 28.4. The van der Waals surface area contributed by atoms with Gasteiger partial charge in [0.2, 0.25) is 5.95 Å². The molecule has 3 fully saturated rings. The number of alkyl halides is 2. The molecule has 17 heteroatoms. The van der Waals surface area contributed by atoms with Crippen LogP contribution in [-0.4, -0.2) is 109 Å². The minimum Gasteiger partial charge on any atom is -0.487 e. The molecule has 7 rings (SSSR count). The Labute approximate surface area is 293 Å². The molecule has 3 aliphatic rings. The molecule has 4 aromatic rings. The molecular formula is C34H41F2N11O4. The lowest BCUT2D eigenvalue weighted by Crippen LogP contribution is -2.52. The van der Waals surface area contributed by atoms with E-state index < -0.39 is 13.0 Å². The fourth-order valence-corrected chi connectivity index (χ4v) is 7.34. The van der Waals surface area contributed by atoms with Crippen LogP contribution in [0.3, 0.4) is 0 Å². The number of hydrogen-bond donors (Lipinski definition) is 1. The van der Waals surface area contributed by atoms with E-state index in [1.165, 1.54) is 19.2 Å². The van der Waals surface area contributed by atoms with Crippen LogP contribution in [0, 0.1) is 11.3 Å². The van der Waals surface area contributed by atoms with E-state index in [-0.39, 0.29) is 25.4 Å². The molecule has 51 heavy (non-hydrogen) atoms. The number of ether oxygens (including phenoxy) is 4. The van der Waals surface area contributed by atoms with Crippen LogP contribution < -0.4 is 14.8 Å². The minimum atomic E-state index is -2.54. The number of anilines is 2. The topological polar surface area (TPSA) is 163 Å². The van der Waals surface area contributed by atoms with Crippen molar-refractivity contribution in [2.75, 3.05) is 38.4 Å². The Morgan fingerprint density at radius 1 is 1.00 bits per heavy atom. The monoisotopic (exact) mass is 705 g/mol. The van der Waals surface area contributed by atoms with Gasteiger partial charge in [0.1, 0.15) is 43.2 Å². The molecule has 5 heterocycles. The van der Waals surface area contributed by atoms with Gasteiger partial charge in [-0.05, 0) is 73.6 Å². The second-order valence-corrected chi connectivity index (χ2v) is 13.2. The standard InChI is InChI=1S/C34H41F2N11O4/c1-22(16-45-21-40-43-44-45)51-31-12-23(2-3-24(31)13-37)25-14-38-34(39-15-25)41-30-17-46(42-33(30)50-11-10-48-20-32(35)36)26-4-6-27(7-5-26)47-28-8-9-29(47)19-49-18-28/h2-3,12,14-15,17,21-22,26-29,32H,4-11,16,18-20H2,1H3,(H,38,39,41)/t22-,26?,27?,28-,29+/m0/s1. The van der Waals surface area contributed by atoms with Crippen molar-refractivity contribution in [3.8, 4) is 28.8 Å². The number of nitriles is 1. The van der Waals surface area contributed by atoms with Gasteiger partial charge in [-0.15, -0.1) is 10.2 Å². The molecule has 0 amide bonds. The lowest BCUT2D eigenvalue weighted by molar-refractivity contribution is -0.0458. The number of hydrogen-bond acceptors (Lipinski definition) is 13. The smallest absolute Gasteiger partial charge is 0.261 e. The third-order valence-electron chi connectivity index (χ3n) is 9.66. The van der Waals surface area contributed by atoms with Crippen LogP contribution in [0.25, 0.3) is 11.1 Å². The maximum atomic E-state index is 12.6. The van der Waals surface area contributed by atoms with E-state index in [4.69, 9.17) is 24.0 Å². The van der Waals surface area contributed by atoms with Gasteiger partial charge in [0.25, 0.3) is 12.3 Å². The predicted molar refractivity (Wildman–Crippen MR) is 179 cm³/mol. The third-order valence-corrected chi connectivity index (χ3v) is 9.66. The second-order valence-electron chi connectivity index (χ2n) is 13.2. The van der Waals surface area contributed by atoms with E-state index >= 15 is 0 Å². The number of nitrogens with one attached hydrogen (secondary N) is 1. The molecule has 2 bridgehead atoms. The van der Waals surface area contributed by atoms with Crippen molar-refractivity contribution in [2.45, 2.75) is 88.7 Å². The number of rotatable bonds is 15. The molecular weight excluding hydrogens is 664 g/mol. The van der Waals surface area contributed by atoms with Crippen LogP contribution in [0.1, 0.15) is 57.1 Å². The minimum absolute atomic E-state index is 0.00154. The van der Waals surface area contributed by atoms with Crippen LogP contribution in [0.15, 0.2) is 43.1 Å². The summed E-state index contributed by atoms with van der Waals surface area (Å²) in [6.45, 7) is 3.36. The molecule has 0 radical (unpaired) electrons. The summed E-state index contributed by atoms with van der Waals surface area (Å²) in [4.78, 5) is 11.8. The van der Waals surface area contributed by atoms with Gasteiger partial charge in [-0.1, -0.05) is 6.07 Å². The first kappa shape index (κ1) is 34.6. The van der Waals surface area contributed by atoms with E-state index in [2.05, 4.69) is 41.8 Å². The predicted octanol–water partition coefficient (Wildman–Crippen LogP) is 4.42. The lowest BCUT2D eigenvalue weighted by Gasteiger charge is -2.43. The SMILES string of the molecule is C[C@@H](Cn1cnnn1)Oc1cc(-c2cnc(Nc3cn(C4CCC(N5[C@@H]6CC[C@H]5COC6)CC4)nc3OCCOCC(F)F)nc2)ccc1C#N. The largest absolute Gasteiger partial charge is 0.487 e. The summed E-state index contributed by atoms with van der Waals surface area (Å²) < 4.78 is 51.4. The molecule has 2 aliphatic heterocycles. The molecule has 1 aliphatic carbocycles. The highest BCUT2D eigenvalue weighted by Crippen LogP contribution is 2.39. The van der Waals surface area contributed by atoms with Gasteiger partial charge in [0.15, 0.2) is 0 Å². The first-order chi connectivity index (χ1) is 24.9. The Hall–Kier alpha value is -4.79. The van der Waals surface area contributed by atoms with Crippen LogP contribution in [0.4, 0.5) is 20.4 Å². The number of fused-ring (bicyclic) bond motifs is 2. The lowest BCUT2D eigenvalue weighted by atomic mass is 9.89. The summed E-state index contributed by atoms with van der Waals surface area (Å²) in [7, 11) is 0. The molecule has 0 unspecified atom stereocenters. The van der Waals surface area contributed by atoms with Crippen molar-refractivity contribution < 1.29 is 27.7 Å². The fourth-order valence-electron chi connectivity index (χ4n) is 7.34. The van der Waals surface area contributed by atoms with Gasteiger partial charge in [0.05, 0.1) is 44.2 Å². The number of tetrazole rings is 1. The van der Waals surface area contributed by atoms with Gasteiger partial charge in [0, 0.05) is 36.1 Å². The van der Waals surface area contributed by atoms with Crippen LogP contribution in [0.2, 0.25) is 0 Å². The first-order valence-electron chi connectivity index (χ1n) is 17.4. The summed E-state index contributed by atoms with van der Waals surface area (Å²) in [5, 5.41) is 28.8. The average molecular weight is 706 g/mol. The Morgan fingerprint density at radius 3 is 2.45 bits per heavy atom. The van der Waals surface area contributed by atoms with Crippen molar-refractivity contribution in [3.63, 3.8) is 0 Å². The van der Waals surface area contributed by atoms with Crippen LogP contribution >= 0.6 is 0 Å². The normalized spacial score (nSPS) is 22.5. The maximum absolute atomic E-state index is 12.6. The Balaban J connectivity index is 1.02. The highest BCUT2D eigenvalue weighted by atomic mass is 19.3. The van der Waals surface area contributed by atoms with Crippen LogP contribution in [0.5, 0.6) is 11.6 Å². The van der Waals surface area contributed by atoms with Gasteiger partial charge in [-0.3, -0.25) is 9.58 Å². The molecule has 1 saturated carbocycles. The molecule has 15 nitrogen and oxygen atoms in total. The number of halogens is 2. The highest BCUT2D eigenvalue weighted by molar-refractivity contribution is 5.67. The van der Waals surface area contributed by atoms with E-state index in [1.807, 2.05) is 23.9 Å². The first-order valence-corrected chi connectivity index (χ1v) is 17.4. The third kappa shape index (κ3) is 8.41. The van der Waals surface area contributed by atoms with Crippen molar-refractivity contribution >= 4 is 11.6 Å². The van der Waals surface area contributed by atoms with Gasteiger partial charge in [-0.25, -0.2) is 23.4 Å². The van der Waals surface area contributed by atoms with E-state index in [0.29, 0.717) is 53.5 Å². The highest BCUT2D eigenvalue weighted by Gasteiger charge is 2.42. The number of nitrogens with zero attached hydrogens (tertiary/aromatic N) is 10. The number of morpholine rings is 1. The van der Waals surface area contributed by atoms with E-state index in [9.17, 15) is 14.0 Å². The molecule has 3 aromatic heterocycles. The quantitative estimate of drug-likeness (QED) is 0.173. The average Bonchev–Trinajstić information content (AvgIpc) is 3.86. The Morgan fingerprint density at radius 2 is 1.75 bits per heavy atom. The van der Waals surface area contributed by atoms with Crippen molar-refractivity contribution in [3.05, 3.63) is 48.7 Å². The zero-order chi connectivity index (χ0) is 35.2. The molecule has 270 valence electrons. The van der Waals surface area contributed by atoms with Crippen molar-refractivity contribution in [1.29, 1.82) is 5.26 Å². The summed E-state index contributed by atoms with van der Waals surface area (Å²) in [5.41, 5.74) is 2.45. The molecule has 1 aromatic carbocycles. The van der Waals surface area contributed by atoms with Gasteiger partial charge in [-0.2, -0.15) is 5.26 Å². The Kier molecular flexibility index (Phi) is 10.9. The number of benzene rings is 1. The zero-order valence-electron chi connectivity index (χ0n) is 28.4. The number of aromatic nitrogens is 8. The maximum Gasteiger partial charge on any atom is 0.261 e. The van der Waals surface area contributed by atoms with Crippen molar-refractivity contribution in [1.82, 2.24) is 44.9 Å². The van der Waals surface area contributed by atoms with Crippen LogP contribution in [-0.2, 0) is 16.0 Å². The summed E-state index contributed by atoms with van der Waals surface area (Å²) in [6, 6.07) is 9.29. The molecule has 0 spiro atoms. The van der Waals surface area contributed by atoms with E-state index in [1.54, 1.807) is 29.2 Å². The summed E-state index contributed by atoms with van der Waals surface area (Å²) in [5.74, 6) is 1.07. The Bertz CT molecular complexity index is 1740. The van der Waals surface area contributed by atoms with Crippen molar-refractivity contribution in [2.24, 2.45) is 0 Å². The van der Waals surface area contributed by atoms with Gasteiger partial charge < -0.3 is 24.3 Å². The summed E-state index contributed by atoms with van der Waals surface area (Å²) in [6.07, 6.45) is 10.5.